The van der Waals surface area contributed by atoms with Gasteiger partial charge in [0.1, 0.15) is 0 Å². The number of ether oxygens (including phenoxy) is 2. The predicted molar refractivity (Wildman–Crippen MR) is 127 cm³/mol. The summed E-state index contributed by atoms with van der Waals surface area (Å²) in [5.41, 5.74) is 3.30. The Morgan fingerprint density at radius 3 is 2.06 bits per heavy atom. The summed E-state index contributed by atoms with van der Waals surface area (Å²) in [6.45, 7) is 4.17. The second-order valence-electron chi connectivity index (χ2n) is 8.01. The lowest BCUT2D eigenvalue weighted by atomic mass is 9.79. The largest absolute Gasteiger partial charge is 0.466 e. The maximum absolute atomic E-state index is 13.0. The molecule has 3 rings (SSSR count). The van der Waals surface area contributed by atoms with Crippen LogP contribution in [0.5, 0.6) is 0 Å². The number of allylic oxidation sites excluding steroid dienone is 2. The van der Waals surface area contributed by atoms with Gasteiger partial charge in [0, 0.05) is 30.1 Å². The van der Waals surface area contributed by atoms with Crippen molar-refractivity contribution >= 4 is 17.6 Å². The van der Waals surface area contributed by atoms with Crippen LogP contribution >= 0.6 is 0 Å². The van der Waals surface area contributed by atoms with Gasteiger partial charge in [-0.1, -0.05) is 42.5 Å². The minimum absolute atomic E-state index is 0.133. The fourth-order valence-corrected chi connectivity index (χ4v) is 4.43. The van der Waals surface area contributed by atoms with Gasteiger partial charge < -0.3 is 14.4 Å². The summed E-state index contributed by atoms with van der Waals surface area (Å²) in [6.07, 6.45) is 1.61. The molecule has 0 saturated carbocycles. The zero-order valence-corrected chi connectivity index (χ0v) is 19.7. The first-order valence-corrected chi connectivity index (χ1v) is 10.9. The molecule has 2 aromatic carbocycles. The molecular weight excluding hydrogens is 436 g/mol. The normalized spacial score (nSPS) is 14.3. The number of non-ortho nitro benzene ring substituents is 1. The smallest absolute Gasteiger partial charge is 0.336 e. The minimum Gasteiger partial charge on any atom is -0.466 e. The number of aryl methyl sites for hydroxylation is 1. The Morgan fingerprint density at radius 2 is 1.53 bits per heavy atom. The average molecular weight is 465 g/mol. The van der Waals surface area contributed by atoms with E-state index in [9.17, 15) is 19.7 Å². The molecule has 2 aromatic rings. The quantitative estimate of drug-likeness (QED) is 0.322. The van der Waals surface area contributed by atoms with Crippen molar-refractivity contribution in [1.29, 1.82) is 0 Å². The van der Waals surface area contributed by atoms with Gasteiger partial charge in [-0.15, -0.1) is 0 Å². The molecule has 0 N–H and O–H groups in total. The first-order valence-electron chi connectivity index (χ1n) is 10.9. The molecule has 0 atom stereocenters. The first-order chi connectivity index (χ1) is 16.3. The lowest BCUT2D eigenvalue weighted by Gasteiger charge is -2.37. The molecule has 0 amide bonds. The lowest BCUT2D eigenvalue weighted by Crippen LogP contribution is -2.35. The number of carbonyl (C=O) groups is 2. The molecule has 0 aliphatic carbocycles. The molecule has 1 aliphatic heterocycles. The van der Waals surface area contributed by atoms with Gasteiger partial charge in [-0.3, -0.25) is 10.1 Å². The van der Waals surface area contributed by atoms with Gasteiger partial charge in [0.15, 0.2) is 0 Å². The van der Waals surface area contributed by atoms with Crippen molar-refractivity contribution in [2.75, 3.05) is 20.8 Å². The monoisotopic (exact) mass is 464 g/mol. The number of benzene rings is 2. The Morgan fingerprint density at radius 1 is 0.941 bits per heavy atom. The molecule has 0 bridgehead atoms. The molecule has 8 nitrogen and oxygen atoms in total. The van der Waals surface area contributed by atoms with Crippen LogP contribution in [0.1, 0.15) is 37.3 Å². The predicted octanol–water partition coefficient (Wildman–Crippen LogP) is 4.52. The Balaban J connectivity index is 2.09. The topological polar surface area (TPSA) is 99.0 Å². The second-order valence-corrected chi connectivity index (χ2v) is 8.01. The van der Waals surface area contributed by atoms with Gasteiger partial charge in [-0.05, 0) is 37.8 Å². The van der Waals surface area contributed by atoms with Crippen molar-refractivity contribution in [1.82, 2.24) is 4.90 Å². The zero-order chi connectivity index (χ0) is 24.8. The molecule has 0 radical (unpaired) electrons. The van der Waals surface area contributed by atoms with Crippen molar-refractivity contribution in [2.24, 2.45) is 0 Å². The van der Waals surface area contributed by atoms with E-state index in [1.165, 1.54) is 38.0 Å². The van der Waals surface area contributed by atoms with E-state index >= 15 is 0 Å². The summed E-state index contributed by atoms with van der Waals surface area (Å²) in [4.78, 5) is 38.7. The summed E-state index contributed by atoms with van der Waals surface area (Å²) in [6, 6.07) is 16.0. The maximum atomic E-state index is 13.0. The molecule has 1 aliphatic rings. The highest BCUT2D eigenvalue weighted by Crippen LogP contribution is 2.43. The Hall–Kier alpha value is -3.94. The van der Waals surface area contributed by atoms with Gasteiger partial charge in [0.05, 0.1) is 36.2 Å². The molecule has 0 spiro atoms. The molecular formula is C26H28N2O6. The summed E-state index contributed by atoms with van der Waals surface area (Å²) in [7, 11) is 2.55. The standard InChI is InChI=1S/C26H28N2O6/c1-17-22(25(29)33-3)24(20-13-8-14-21(16-20)28(31)32)23(26(30)34-4)18(2)27(17)15-9-12-19-10-6-5-7-11-19/h5-8,10-11,13-14,16,24H,9,12,15H2,1-4H3. The molecule has 0 unspecified atom stereocenters. The Labute approximate surface area is 198 Å². The van der Waals surface area contributed by atoms with Crippen LogP contribution in [0.2, 0.25) is 0 Å². The van der Waals surface area contributed by atoms with E-state index in [1.54, 1.807) is 19.9 Å². The van der Waals surface area contributed by atoms with Gasteiger partial charge >= 0.3 is 11.9 Å². The number of nitro benzene ring substituents is 1. The number of carbonyl (C=O) groups excluding carboxylic acids is 2. The summed E-state index contributed by atoms with van der Waals surface area (Å²) in [5.74, 6) is -2.06. The second kappa shape index (κ2) is 10.8. The summed E-state index contributed by atoms with van der Waals surface area (Å²) < 4.78 is 10.2. The Kier molecular flexibility index (Phi) is 7.83. The molecule has 1 heterocycles. The van der Waals surface area contributed by atoms with Gasteiger partial charge in [0.2, 0.25) is 0 Å². The number of rotatable bonds is 8. The SMILES string of the molecule is COC(=O)C1=C(C)N(CCCc2ccccc2)C(C)=C(C(=O)OC)C1c1cccc([N+](=O)[O-])c1. The summed E-state index contributed by atoms with van der Waals surface area (Å²) >= 11 is 0. The van der Waals surface area contributed by atoms with E-state index in [4.69, 9.17) is 9.47 Å². The maximum Gasteiger partial charge on any atom is 0.336 e. The molecule has 0 aromatic heterocycles. The Bertz CT molecular complexity index is 1110. The van der Waals surface area contributed by atoms with Crippen LogP contribution in [-0.2, 0) is 25.5 Å². The van der Waals surface area contributed by atoms with Crippen LogP contribution in [-0.4, -0.2) is 42.5 Å². The van der Waals surface area contributed by atoms with E-state index in [0.717, 1.165) is 12.8 Å². The van der Waals surface area contributed by atoms with Crippen molar-refractivity contribution in [2.45, 2.75) is 32.6 Å². The van der Waals surface area contributed by atoms with E-state index in [2.05, 4.69) is 12.1 Å². The molecule has 0 saturated heterocycles. The number of esters is 2. The van der Waals surface area contributed by atoms with Crippen molar-refractivity contribution in [3.05, 3.63) is 98.4 Å². The number of nitrogens with zero attached hydrogens (tertiary/aromatic N) is 2. The lowest BCUT2D eigenvalue weighted by molar-refractivity contribution is -0.384. The third kappa shape index (κ3) is 5.01. The average Bonchev–Trinajstić information content (AvgIpc) is 2.85. The van der Waals surface area contributed by atoms with Gasteiger partial charge in [0.25, 0.3) is 5.69 Å². The number of nitro groups is 1. The zero-order valence-electron chi connectivity index (χ0n) is 19.7. The van der Waals surface area contributed by atoms with Crippen molar-refractivity contribution in [3.63, 3.8) is 0 Å². The fraction of sp³-hybridized carbons (Fsp3) is 0.308. The van der Waals surface area contributed by atoms with Crippen LogP contribution < -0.4 is 0 Å². The molecule has 0 fully saturated rings. The van der Waals surface area contributed by atoms with Crippen LogP contribution in [0.3, 0.4) is 0 Å². The number of methoxy groups -OCH3 is 2. The van der Waals surface area contributed by atoms with Crippen LogP contribution in [0.15, 0.2) is 77.1 Å². The highest BCUT2D eigenvalue weighted by Gasteiger charge is 2.40. The first kappa shape index (κ1) is 24.7. The van der Waals surface area contributed by atoms with Gasteiger partial charge in [-0.25, -0.2) is 9.59 Å². The summed E-state index contributed by atoms with van der Waals surface area (Å²) in [5, 5.41) is 11.4. The van der Waals surface area contributed by atoms with E-state index in [-0.39, 0.29) is 16.8 Å². The van der Waals surface area contributed by atoms with Crippen LogP contribution in [0.4, 0.5) is 5.69 Å². The molecule has 8 heteroatoms. The third-order valence-electron chi connectivity index (χ3n) is 6.08. The molecule has 178 valence electrons. The highest BCUT2D eigenvalue weighted by molar-refractivity contribution is 5.99. The number of hydrogen-bond donors (Lipinski definition) is 0. The highest BCUT2D eigenvalue weighted by atomic mass is 16.6. The van der Waals surface area contributed by atoms with Crippen molar-refractivity contribution < 1.29 is 24.0 Å². The molecule has 34 heavy (non-hydrogen) atoms. The van der Waals surface area contributed by atoms with Gasteiger partial charge in [-0.2, -0.15) is 0 Å². The van der Waals surface area contributed by atoms with E-state index in [0.29, 0.717) is 23.5 Å². The van der Waals surface area contributed by atoms with E-state index < -0.39 is 22.8 Å². The van der Waals surface area contributed by atoms with Crippen LogP contribution in [0.25, 0.3) is 0 Å². The van der Waals surface area contributed by atoms with Crippen molar-refractivity contribution in [3.8, 4) is 0 Å². The fourth-order valence-electron chi connectivity index (χ4n) is 4.43. The third-order valence-corrected chi connectivity index (χ3v) is 6.08. The minimum atomic E-state index is -0.856. The number of hydrogen-bond acceptors (Lipinski definition) is 7. The van der Waals surface area contributed by atoms with Crippen LogP contribution in [0, 0.1) is 10.1 Å². The van der Waals surface area contributed by atoms with E-state index in [1.807, 2.05) is 23.1 Å².